The summed E-state index contributed by atoms with van der Waals surface area (Å²) in [6.07, 6.45) is 3.27. The molecule has 0 aliphatic carbocycles. The first-order valence-corrected chi connectivity index (χ1v) is 6.97. The van der Waals surface area contributed by atoms with Crippen molar-refractivity contribution in [3.63, 3.8) is 0 Å². The Bertz CT molecular complexity index is 273. The van der Waals surface area contributed by atoms with Crippen LogP contribution in [0.2, 0.25) is 0 Å². The third-order valence-electron chi connectivity index (χ3n) is 2.80. The standard InChI is InChI=1S/C11H16N2.2C2H6/c1-3-10-7-13(8-10)11-5-4-9(2)12-6-11;2*1-2/h4-6,10H,3,7-8H2,1-2H3;2*1-2H3. The van der Waals surface area contributed by atoms with E-state index in [0.717, 1.165) is 11.6 Å². The molecule has 0 unspecified atom stereocenters. The van der Waals surface area contributed by atoms with E-state index in [1.807, 2.05) is 40.8 Å². The van der Waals surface area contributed by atoms with Crippen molar-refractivity contribution in [1.29, 1.82) is 0 Å². The summed E-state index contributed by atoms with van der Waals surface area (Å²) in [5.41, 5.74) is 2.37. The van der Waals surface area contributed by atoms with Crippen LogP contribution in [0.15, 0.2) is 18.3 Å². The van der Waals surface area contributed by atoms with Crippen LogP contribution in [0.1, 0.15) is 46.7 Å². The predicted molar refractivity (Wildman–Crippen MR) is 77.7 cm³/mol. The van der Waals surface area contributed by atoms with Crippen molar-refractivity contribution in [2.24, 2.45) is 5.92 Å². The Kier molecular flexibility index (Phi) is 8.47. The smallest absolute Gasteiger partial charge is 0.0553 e. The topological polar surface area (TPSA) is 16.1 Å². The summed E-state index contributed by atoms with van der Waals surface area (Å²) >= 11 is 0. The van der Waals surface area contributed by atoms with Crippen molar-refractivity contribution in [2.45, 2.75) is 48.0 Å². The van der Waals surface area contributed by atoms with E-state index in [2.05, 4.69) is 28.9 Å². The molecule has 0 N–H and O–H groups in total. The Morgan fingerprint density at radius 2 is 1.76 bits per heavy atom. The first kappa shape index (κ1) is 16.0. The number of hydrogen-bond acceptors (Lipinski definition) is 2. The van der Waals surface area contributed by atoms with Gasteiger partial charge >= 0.3 is 0 Å². The van der Waals surface area contributed by atoms with Crippen molar-refractivity contribution >= 4 is 5.69 Å². The molecule has 0 bridgehead atoms. The summed E-state index contributed by atoms with van der Waals surface area (Å²) in [4.78, 5) is 6.68. The number of rotatable bonds is 2. The second-order valence-electron chi connectivity index (χ2n) is 3.84. The van der Waals surface area contributed by atoms with Crippen molar-refractivity contribution in [2.75, 3.05) is 18.0 Å². The summed E-state index contributed by atoms with van der Waals surface area (Å²) < 4.78 is 0. The van der Waals surface area contributed by atoms with Crippen LogP contribution in [-0.4, -0.2) is 18.1 Å². The lowest BCUT2D eigenvalue weighted by atomic mass is 9.97. The van der Waals surface area contributed by atoms with Gasteiger partial charge in [-0.05, 0) is 31.4 Å². The van der Waals surface area contributed by atoms with Crippen LogP contribution in [0.3, 0.4) is 0 Å². The Morgan fingerprint density at radius 3 is 2.18 bits per heavy atom. The largest absolute Gasteiger partial charge is 0.370 e. The summed E-state index contributed by atoms with van der Waals surface area (Å²) in [5, 5.41) is 0. The van der Waals surface area contributed by atoms with E-state index >= 15 is 0 Å². The quantitative estimate of drug-likeness (QED) is 0.761. The van der Waals surface area contributed by atoms with Gasteiger partial charge < -0.3 is 4.90 Å². The molecule has 0 atom stereocenters. The third-order valence-corrected chi connectivity index (χ3v) is 2.80. The number of hydrogen-bond donors (Lipinski definition) is 0. The van der Waals surface area contributed by atoms with Crippen LogP contribution in [0, 0.1) is 12.8 Å². The molecule has 1 aromatic rings. The highest BCUT2D eigenvalue weighted by molar-refractivity contribution is 5.47. The maximum atomic E-state index is 4.29. The van der Waals surface area contributed by atoms with E-state index in [1.54, 1.807) is 0 Å². The first-order chi connectivity index (χ1) is 8.29. The van der Waals surface area contributed by atoms with Crippen LogP contribution in [0.25, 0.3) is 0 Å². The first-order valence-electron chi connectivity index (χ1n) is 6.97. The zero-order valence-corrected chi connectivity index (χ0v) is 12.3. The SMILES string of the molecule is CC.CC.CCC1CN(c2ccc(C)nc2)C1. The number of anilines is 1. The van der Waals surface area contributed by atoms with E-state index in [0.29, 0.717) is 0 Å². The van der Waals surface area contributed by atoms with E-state index < -0.39 is 0 Å². The van der Waals surface area contributed by atoms with Gasteiger partial charge in [-0.1, -0.05) is 34.6 Å². The van der Waals surface area contributed by atoms with Gasteiger partial charge in [0, 0.05) is 18.8 Å². The van der Waals surface area contributed by atoms with Crippen LogP contribution >= 0.6 is 0 Å². The normalized spacial score (nSPS) is 13.9. The van der Waals surface area contributed by atoms with E-state index in [9.17, 15) is 0 Å². The summed E-state index contributed by atoms with van der Waals surface area (Å²) in [7, 11) is 0. The van der Waals surface area contributed by atoms with Crippen molar-refractivity contribution in [3.05, 3.63) is 24.0 Å². The van der Waals surface area contributed by atoms with E-state index in [4.69, 9.17) is 0 Å². The summed E-state index contributed by atoms with van der Waals surface area (Å²) in [6, 6.07) is 4.24. The third kappa shape index (κ3) is 4.76. The monoisotopic (exact) mass is 236 g/mol. The Labute approximate surface area is 107 Å². The van der Waals surface area contributed by atoms with Gasteiger partial charge in [0.2, 0.25) is 0 Å². The highest BCUT2D eigenvalue weighted by Gasteiger charge is 2.24. The van der Waals surface area contributed by atoms with Crippen LogP contribution in [-0.2, 0) is 0 Å². The van der Waals surface area contributed by atoms with Gasteiger partial charge in [0.15, 0.2) is 0 Å². The number of nitrogens with zero attached hydrogens (tertiary/aromatic N) is 2. The minimum atomic E-state index is 0.904. The molecule has 17 heavy (non-hydrogen) atoms. The molecule has 0 amide bonds. The number of pyridine rings is 1. The molecule has 1 aliphatic rings. The minimum absolute atomic E-state index is 0.904. The number of aromatic nitrogens is 1. The second-order valence-corrected chi connectivity index (χ2v) is 3.84. The summed E-state index contributed by atoms with van der Waals surface area (Å²) in [6.45, 7) is 14.7. The number of aryl methyl sites for hydroxylation is 1. The molecule has 1 aromatic heterocycles. The maximum Gasteiger partial charge on any atom is 0.0553 e. The van der Waals surface area contributed by atoms with Gasteiger partial charge in [0.25, 0.3) is 0 Å². The van der Waals surface area contributed by atoms with Crippen molar-refractivity contribution in [3.8, 4) is 0 Å². The fraction of sp³-hybridized carbons (Fsp3) is 0.667. The highest BCUT2D eigenvalue weighted by atomic mass is 15.2. The Morgan fingerprint density at radius 1 is 1.18 bits per heavy atom. The highest BCUT2D eigenvalue weighted by Crippen LogP contribution is 2.25. The minimum Gasteiger partial charge on any atom is -0.370 e. The van der Waals surface area contributed by atoms with E-state index in [1.165, 1.54) is 25.2 Å². The van der Waals surface area contributed by atoms with Gasteiger partial charge in [0.05, 0.1) is 11.9 Å². The van der Waals surface area contributed by atoms with E-state index in [-0.39, 0.29) is 0 Å². The second kappa shape index (κ2) is 9.03. The molecule has 0 aromatic carbocycles. The molecule has 2 heterocycles. The van der Waals surface area contributed by atoms with Gasteiger partial charge in [-0.25, -0.2) is 0 Å². The lowest BCUT2D eigenvalue weighted by Gasteiger charge is -2.40. The average Bonchev–Trinajstić information content (AvgIpc) is 2.35. The van der Waals surface area contributed by atoms with Gasteiger partial charge in [-0.15, -0.1) is 0 Å². The van der Waals surface area contributed by atoms with Gasteiger partial charge in [-0.3, -0.25) is 4.98 Å². The molecule has 1 fully saturated rings. The van der Waals surface area contributed by atoms with Crippen molar-refractivity contribution < 1.29 is 0 Å². The Hall–Kier alpha value is -1.05. The summed E-state index contributed by atoms with van der Waals surface area (Å²) in [5.74, 6) is 0.904. The van der Waals surface area contributed by atoms with Crippen LogP contribution < -0.4 is 4.90 Å². The lowest BCUT2D eigenvalue weighted by Crippen LogP contribution is -2.46. The van der Waals surface area contributed by atoms with Crippen LogP contribution in [0.4, 0.5) is 5.69 Å². The molecule has 0 saturated carbocycles. The average molecular weight is 236 g/mol. The lowest BCUT2D eigenvalue weighted by molar-refractivity contribution is 0.398. The maximum absolute atomic E-state index is 4.29. The van der Waals surface area contributed by atoms with Gasteiger partial charge in [0.1, 0.15) is 0 Å². The molecule has 1 saturated heterocycles. The van der Waals surface area contributed by atoms with Crippen LogP contribution in [0.5, 0.6) is 0 Å². The molecule has 0 spiro atoms. The molecule has 2 heteroatoms. The van der Waals surface area contributed by atoms with Gasteiger partial charge in [-0.2, -0.15) is 0 Å². The molecule has 1 aliphatic heterocycles. The molecule has 98 valence electrons. The Balaban J connectivity index is 0.000000581. The molecule has 2 nitrogen and oxygen atoms in total. The fourth-order valence-corrected chi connectivity index (χ4v) is 1.69. The molecule has 2 rings (SSSR count). The molecule has 0 radical (unpaired) electrons. The zero-order valence-electron chi connectivity index (χ0n) is 12.3. The van der Waals surface area contributed by atoms with Crippen molar-refractivity contribution in [1.82, 2.24) is 4.98 Å². The molecular weight excluding hydrogens is 208 g/mol. The molecular formula is C15H28N2. The zero-order chi connectivity index (χ0) is 13.3. The predicted octanol–water partition coefficient (Wildman–Crippen LogP) is 4.29. The fourth-order valence-electron chi connectivity index (χ4n) is 1.69.